The molecule has 10 heteroatoms. The van der Waals surface area contributed by atoms with Crippen molar-refractivity contribution in [3.8, 4) is 27.8 Å². The second kappa shape index (κ2) is 7.30. The number of aromatic hydroxyl groups is 3. The van der Waals surface area contributed by atoms with Gasteiger partial charge in [-0.1, -0.05) is 0 Å². The van der Waals surface area contributed by atoms with Crippen LogP contribution in [0.15, 0.2) is 64.8 Å². The Bertz CT molecular complexity index is 1290. The van der Waals surface area contributed by atoms with Crippen LogP contribution >= 0.6 is 11.3 Å². The Balaban J connectivity index is 1.66. The number of hydrogen-bond donors (Lipinski definition) is 3. The van der Waals surface area contributed by atoms with Gasteiger partial charge >= 0.3 is 6.18 Å². The fourth-order valence-corrected chi connectivity index (χ4v) is 3.72. The summed E-state index contributed by atoms with van der Waals surface area (Å²) in [4.78, 5) is 4.43. The van der Waals surface area contributed by atoms with E-state index in [1.165, 1.54) is 29.5 Å². The number of benzene rings is 3. The number of aromatic nitrogens is 1. The Morgan fingerprint density at radius 2 is 1.47 bits per heavy atom. The maximum Gasteiger partial charge on any atom is 0.418 e. The summed E-state index contributed by atoms with van der Waals surface area (Å²) in [7, 11) is 0. The molecule has 4 aromatic rings. The Morgan fingerprint density at radius 3 is 2.20 bits per heavy atom. The first-order valence-electron chi connectivity index (χ1n) is 8.45. The minimum absolute atomic E-state index is 0.0290. The molecule has 0 aliphatic rings. The SMILES string of the molecule is Oc1ccc(N=Nc2ccc(-c3nc4ccc(O)cc4s3)cc2O)c(C(F)(F)F)c1. The molecule has 0 fully saturated rings. The number of azo groups is 1. The Labute approximate surface area is 171 Å². The average molecular weight is 431 g/mol. The van der Waals surface area contributed by atoms with Gasteiger partial charge in [0.25, 0.3) is 0 Å². The second-order valence-corrected chi connectivity index (χ2v) is 7.30. The molecule has 0 aliphatic carbocycles. The van der Waals surface area contributed by atoms with Gasteiger partial charge in [0.1, 0.15) is 27.9 Å². The van der Waals surface area contributed by atoms with E-state index in [-0.39, 0.29) is 17.2 Å². The number of phenolic OH excluding ortho intramolecular Hbond substituents is 3. The second-order valence-electron chi connectivity index (χ2n) is 6.27. The number of hydrogen-bond acceptors (Lipinski definition) is 7. The monoisotopic (exact) mass is 431 g/mol. The number of fused-ring (bicyclic) bond motifs is 1. The molecule has 1 heterocycles. The summed E-state index contributed by atoms with van der Waals surface area (Å²) in [6.07, 6.45) is -4.72. The molecule has 3 N–H and O–H groups in total. The zero-order valence-corrected chi connectivity index (χ0v) is 15.7. The van der Waals surface area contributed by atoms with E-state index in [2.05, 4.69) is 15.2 Å². The summed E-state index contributed by atoms with van der Waals surface area (Å²) in [5.41, 5.74) is -0.399. The Hall–Kier alpha value is -3.66. The topological polar surface area (TPSA) is 98.3 Å². The third-order valence-corrected chi connectivity index (χ3v) is 5.21. The molecule has 0 bridgehead atoms. The average Bonchev–Trinajstić information content (AvgIpc) is 3.10. The maximum absolute atomic E-state index is 13.1. The molecule has 6 nitrogen and oxygen atoms in total. The van der Waals surface area contributed by atoms with Gasteiger partial charge in [-0.3, -0.25) is 0 Å². The molecule has 0 saturated heterocycles. The van der Waals surface area contributed by atoms with Crippen LogP contribution in [0.2, 0.25) is 0 Å². The summed E-state index contributed by atoms with van der Waals surface area (Å²) in [6.45, 7) is 0. The van der Waals surface area contributed by atoms with Crippen LogP contribution in [0.1, 0.15) is 5.56 Å². The van der Waals surface area contributed by atoms with Crippen molar-refractivity contribution in [2.75, 3.05) is 0 Å². The van der Waals surface area contributed by atoms with E-state index < -0.39 is 23.2 Å². The van der Waals surface area contributed by atoms with Crippen molar-refractivity contribution in [2.24, 2.45) is 10.2 Å². The van der Waals surface area contributed by atoms with E-state index >= 15 is 0 Å². The number of phenols is 3. The molecule has 0 radical (unpaired) electrons. The molecule has 152 valence electrons. The van der Waals surface area contributed by atoms with Crippen molar-refractivity contribution in [1.29, 1.82) is 0 Å². The van der Waals surface area contributed by atoms with Crippen LogP contribution in [-0.4, -0.2) is 20.3 Å². The Morgan fingerprint density at radius 1 is 0.800 bits per heavy atom. The van der Waals surface area contributed by atoms with Gasteiger partial charge in [0, 0.05) is 5.56 Å². The zero-order valence-electron chi connectivity index (χ0n) is 14.9. The van der Waals surface area contributed by atoms with Crippen molar-refractivity contribution in [3.05, 3.63) is 60.2 Å². The van der Waals surface area contributed by atoms with E-state index in [9.17, 15) is 28.5 Å². The highest BCUT2D eigenvalue weighted by Crippen LogP contribution is 2.40. The van der Waals surface area contributed by atoms with Crippen LogP contribution in [-0.2, 0) is 6.18 Å². The molecule has 3 aromatic carbocycles. The number of nitrogens with zero attached hydrogens (tertiary/aromatic N) is 3. The predicted molar refractivity (Wildman–Crippen MR) is 106 cm³/mol. The lowest BCUT2D eigenvalue weighted by molar-refractivity contribution is -0.137. The number of thiazole rings is 1. The molecule has 0 saturated carbocycles. The van der Waals surface area contributed by atoms with Crippen molar-refractivity contribution in [2.45, 2.75) is 6.18 Å². The molecule has 1 aromatic heterocycles. The smallest absolute Gasteiger partial charge is 0.418 e. The van der Waals surface area contributed by atoms with Crippen molar-refractivity contribution in [3.63, 3.8) is 0 Å². The molecular formula is C20H12F3N3O3S. The quantitative estimate of drug-likeness (QED) is 0.322. The highest BCUT2D eigenvalue weighted by molar-refractivity contribution is 7.21. The number of rotatable bonds is 3. The molecule has 4 rings (SSSR count). The normalized spacial score (nSPS) is 12.1. The molecule has 0 spiro atoms. The van der Waals surface area contributed by atoms with Gasteiger partial charge in [-0.2, -0.15) is 13.2 Å². The fourth-order valence-electron chi connectivity index (χ4n) is 2.72. The minimum atomic E-state index is -4.72. The molecule has 30 heavy (non-hydrogen) atoms. The van der Waals surface area contributed by atoms with Gasteiger partial charge in [0.2, 0.25) is 0 Å². The van der Waals surface area contributed by atoms with Gasteiger partial charge in [-0.05, 0) is 54.6 Å². The van der Waals surface area contributed by atoms with Gasteiger partial charge < -0.3 is 15.3 Å². The van der Waals surface area contributed by atoms with Crippen LogP contribution in [0.3, 0.4) is 0 Å². The largest absolute Gasteiger partial charge is 0.508 e. The summed E-state index contributed by atoms with van der Waals surface area (Å²) in [6, 6.07) is 11.8. The highest BCUT2D eigenvalue weighted by atomic mass is 32.1. The lowest BCUT2D eigenvalue weighted by Gasteiger charge is -2.09. The number of alkyl halides is 3. The molecule has 0 unspecified atom stereocenters. The third kappa shape index (κ3) is 3.90. The van der Waals surface area contributed by atoms with Crippen LogP contribution in [0.25, 0.3) is 20.8 Å². The summed E-state index contributed by atoms with van der Waals surface area (Å²) in [5, 5.41) is 37.0. The first-order chi connectivity index (χ1) is 14.2. The van der Waals surface area contributed by atoms with Gasteiger partial charge in [0.15, 0.2) is 0 Å². The van der Waals surface area contributed by atoms with Crippen LogP contribution in [0.5, 0.6) is 17.2 Å². The molecule has 0 aliphatic heterocycles. The minimum Gasteiger partial charge on any atom is -0.508 e. The zero-order chi connectivity index (χ0) is 21.5. The van der Waals surface area contributed by atoms with E-state index in [0.717, 1.165) is 16.8 Å². The highest BCUT2D eigenvalue weighted by Gasteiger charge is 2.34. The Kier molecular flexibility index (Phi) is 4.78. The lowest BCUT2D eigenvalue weighted by atomic mass is 10.1. The summed E-state index contributed by atoms with van der Waals surface area (Å²) >= 11 is 1.31. The van der Waals surface area contributed by atoms with Crippen molar-refractivity contribution >= 4 is 32.9 Å². The van der Waals surface area contributed by atoms with Gasteiger partial charge in [0.05, 0.1) is 21.5 Å². The molecular weight excluding hydrogens is 419 g/mol. The van der Waals surface area contributed by atoms with Gasteiger partial charge in [-0.25, -0.2) is 4.98 Å². The van der Waals surface area contributed by atoms with Gasteiger partial charge in [-0.15, -0.1) is 21.6 Å². The fraction of sp³-hybridized carbons (Fsp3) is 0.0500. The van der Waals surface area contributed by atoms with E-state index in [1.807, 2.05) is 0 Å². The molecule has 0 amide bonds. The lowest BCUT2D eigenvalue weighted by Crippen LogP contribution is -2.04. The standard InChI is InChI=1S/C20H12F3N3O3S/c21-20(22,23)13-8-11(27)2-5-14(13)25-26-15-4-1-10(7-17(15)29)19-24-16-6-3-12(28)9-18(16)30-19/h1-9,27-29H. The maximum atomic E-state index is 13.1. The van der Waals surface area contributed by atoms with Crippen molar-refractivity contribution in [1.82, 2.24) is 4.98 Å². The summed E-state index contributed by atoms with van der Waals surface area (Å²) < 4.78 is 40.1. The van der Waals surface area contributed by atoms with E-state index in [4.69, 9.17) is 0 Å². The first-order valence-corrected chi connectivity index (χ1v) is 9.27. The van der Waals surface area contributed by atoms with Crippen LogP contribution in [0.4, 0.5) is 24.5 Å². The van der Waals surface area contributed by atoms with Crippen LogP contribution < -0.4 is 0 Å². The number of halogens is 3. The van der Waals surface area contributed by atoms with Crippen LogP contribution in [0, 0.1) is 0 Å². The predicted octanol–water partition coefficient (Wildman–Crippen LogP) is 6.51. The molecule has 0 atom stereocenters. The third-order valence-electron chi connectivity index (χ3n) is 4.15. The van der Waals surface area contributed by atoms with E-state index in [0.29, 0.717) is 22.2 Å². The summed E-state index contributed by atoms with van der Waals surface area (Å²) in [5.74, 6) is -0.716. The van der Waals surface area contributed by atoms with Crippen molar-refractivity contribution < 1.29 is 28.5 Å². The first kappa shape index (κ1) is 19.6. The van der Waals surface area contributed by atoms with E-state index in [1.54, 1.807) is 18.2 Å².